The fourth-order valence-electron chi connectivity index (χ4n) is 2.19. The van der Waals surface area contributed by atoms with Gasteiger partial charge in [-0.3, -0.25) is 24.1 Å². The number of nitrogens with zero attached hydrogens (tertiary/aromatic N) is 1. The van der Waals surface area contributed by atoms with Crippen molar-refractivity contribution in [2.45, 2.75) is 45.6 Å². The lowest BCUT2D eigenvalue weighted by atomic mass is 10.1. The summed E-state index contributed by atoms with van der Waals surface area (Å²) in [7, 11) is 0. The van der Waals surface area contributed by atoms with Crippen LogP contribution < -0.4 is 5.32 Å². The first-order valence-electron chi connectivity index (χ1n) is 7.88. The van der Waals surface area contributed by atoms with Crippen molar-refractivity contribution in [3.05, 3.63) is 0 Å². The summed E-state index contributed by atoms with van der Waals surface area (Å²) in [5.74, 6) is -3.79. The smallest absolute Gasteiger partial charge is 0.328 e. The van der Waals surface area contributed by atoms with Gasteiger partial charge in [0.1, 0.15) is 6.04 Å². The van der Waals surface area contributed by atoms with E-state index in [4.69, 9.17) is 9.47 Å². The van der Waals surface area contributed by atoms with Crippen molar-refractivity contribution in [3.8, 4) is 0 Å². The van der Waals surface area contributed by atoms with E-state index in [1.165, 1.54) is 0 Å². The molecule has 134 valence electrons. The molecule has 0 aromatic heterocycles. The van der Waals surface area contributed by atoms with Gasteiger partial charge in [-0.2, -0.15) is 0 Å². The number of carbonyl (C=O) groups excluding carboxylic acids is 5. The summed E-state index contributed by atoms with van der Waals surface area (Å²) in [6, 6.07) is -1.16. The summed E-state index contributed by atoms with van der Waals surface area (Å²) >= 11 is 0. The van der Waals surface area contributed by atoms with Gasteiger partial charge in [0.15, 0.2) is 0 Å². The van der Waals surface area contributed by atoms with Crippen LogP contribution in [0.5, 0.6) is 0 Å². The van der Waals surface area contributed by atoms with Crippen molar-refractivity contribution in [3.63, 3.8) is 0 Å². The largest absolute Gasteiger partial charge is 0.466 e. The second-order valence-electron chi connectivity index (χ2n) is 5.08. The highest BCUT2D eigenvalue weighted by atomic mass is 16.5. The van der Waals surface area contributed by atoms with Crippen LogP contribution in [-0.4, -0.2) is 60.4 Å². The lowest BCUT2D eigenvalue weighted by Gasteiger charge is -2.18. The molecule has 0 bridgehead atoms. The number of ether oxygens (including phenoxy) is 2. The maximum atomic E-state index is 12.0. The molecule has 0 aromatic carbocycles. The number of hydrogen-bond donors (Lipinski definition) is 1. The van der Waals surface area contributed by atoms with Gasteiger partial charge >= 0.3 is 23.8 Å². The van der Waals surface area contributed by atoms with Crippen molar-refractivity contribution in [2.75, 3.05) is 19.8 Å². The van der Waals surface area contributed by atoms with Crippen LogP contribution in [0.2, 0.25) is 0 Å². The first kappa shape index (κ1) is 19.6. The van der Waals surface area contributed by atoms with E-state index in [1.807, 2.05) is 0 Å². The zero-order valence-electron chi connectivity index (χ0n) is 13.8. The number of nitrogens with one attached hydrogen (secondary N) is 1. The number of likely N-dealkylation sites (tertiary alicyclic amines) is 1. The molecule has 9 nitrogen and oxygen atoms in total. The van der Waals surface area contributed by atoms with E-state index >= 15 is 0 Å². The first-order chi connectivity index (χ1) is 11.4. The zero-order chi connectivity index (χ0) is 18.1. The van der Waals surface area contributed by atoms with E-state index in [0.29, 0.717) is 6.42 Å². The molecule has 1 aliphatic heterocycles. The average Bonchev–Trinajstić information content (AvgIpc) is 2.96. The van der Waals surface area contributed by atoms with Crippen molar-refractivity contribution < 1.29 is 33.4 Å². The number of amides is 3. The summed E-state index contributed by atoms with van der Waals surface area (Å²) in [5.41, 5.74) is 0. The molecule has 3 amide bonds. The normalized spacial score (nSPS) is 14.9. The molecule has 24 heavy (non-hydrogen) atoms. The molecule has 0 spiro atoms. The Morgan fingerprint density at radius 3 is 2.38 bits per heavy atom. The highest BCUT2D eigenvalue weighted by Gasteiger charge is 2.33. The monoisotopic (exact) mass is 342 g/mol. The van der Waals surface area contributed by atoms with Gasteiger partial charge in [0.05, 0.1) is 13.2 Å². The van der Waals surface area contributed by atoms with Crippen molar-refractivity contribution in [2.24, 2.45) is 0 Å². The van der Waals surface area contributed by atoms with Crippen LogP contribution >= 0.6 is 0 Å². The second-order valence-corrected chi connectivity index (χ2v) is 5.08. The third-order valence-corrected chi connectivity index (χ3v) is 3.33. The number of imide groups is 1. The molecule has 1 N–H and O–H groups in total. The second kappa shape index (κ2) is 9.64. The lowest BCUT2D eigenvalue weighted by molar-refractivity contribution is -0.153. The van der Waals surface area contributed by atoms with Crippen LogP contribution in [0.3, 0.4) is 0 Å². The molecular weight excluding hydrogens is 320 g/mol. The fourth-order valence-corrected chi connectivity index (χ4v) is 2.19. The Balaban J connectivity index is 2.66. The summed E-state index contributed by atoms with van der Waals surface area (Å²) in [6.45, 7) is 3.70. The number of rotatable bonds is 7. The number of carbonyl (C=O) groups is 5. The third kappa shape index (κ3) is 5.64. The topological polar surface area (TPSA) is 119 Å². The minimum absolute atomic E-state index is 0.0648. The lowest BCUT2D eigenvalue weighted by Crippen LogP contribution is -2.50. The van der Waals surface area contributed by atoms with Gasteiger partial charge in [-0.05, 0) is 26.7 Å². The Bertz CT molecular complexity index is 518. The van der Waals surface area contributed by atoms with Gasteiger partial charge in [-0.15, -0.1) is 0 Å². The summed E-state index contributed by atoms with van der Waals surface area (Å²) in [5, 5.41) is 2.23. The zero-order valence-corrected chi connectivity index (χ0v) is 13.8. The Kier molecular flexibility index (Phi) is 7.87. The summed E-state index contributed by atoms with van der Waals surface area (Å²) in [6.07, 6.45) is 0.532. The van der Waals surface area contributed by atoms with Crippen molar-refractivity contribution in [1.82, 2.24) is 10.2 Å². The summed E-state index contributed by atoms with van der Waals surface area (Å²) in [4.78, 5) is 59.6. The minimum atomic E-state index is -1.16. The van der Waals surface area contributed by atoms with Crippen LogP contribution in [0.4, 0.5) is 0 Å². The quantitative estimate of drug-likeness (QED) is 0.490. The van der Waals surface area contributed by atoms with Crippen LogP contribution in [0.25, 0.3) is 0 Å². The fraction of sp³-hybridized carbons (Fsp3) is 0.667. The van der Waals surface area contributed by atoms with Gasteiger partial charge in [0.2, 0.25) is 5.91 Å². The molecule has 1 rings (SSSR count). The van der Waals surface area contributed by atoms with E-state index in [1.54, 1.807) is 13.8 Å². The average molecular weight is 342 g/mol. The molecule has 1 heterocycles. The maximum absolute atomic E-state index is 12.0. The summed E-state index contributed by atoms with van der Waals surface area (Å²) < 4.78 is 9.58. The van der Waals surface area contributed by atoms with Crippen LogP contribution in [0.15, 0.2) is 0 Å². The molecule has 1 fully saturated rings. The molecular formula is C15H22N2O7. The first-order valence-corrected chi connectivity index (χ1v) is 7.88. The van der Waals surface area contributed by atoms with Gasteiger partial charge in [0.25, 0.3) is 0 Å². The Labute approximate surface area is 139 Å². The van der Waals surface area contributed by atoms with Gasteiger partial charge in [0, 0.05) is 19.4 Å². The molecule has 0 saturated carbocycles. The molecule has 0 aromatic rings. The van der Waals surface area contributed by atoms with Gasteiger partial charge < -0.3 is 14.8 Å². The third-order valence-electron chi connectivity index (χ3n) is 3.33. The van der Waals surface area contributed by atoms with Crippen molar-refractivity contribution in [1.29, 1.82) is 0 Å². The Hall–Kier alpha value is -2.45. The van der Waals surface area contributed by atoms with Gasteiger partial charge in [-0.1, -0.05) is 0 Å². The Morgan fingerprint density at radius 2 is 1.83 bits per heavy atom. The Morgan fingerprint density at radius 1 is 1.17 bits per heavy atom. The number of hydrogen-bond acceptors (Lipinski definition) is 7. The highest BCUT2D eigenvalue weighted by Crippen LogP contribution is 2.10. The molecule has 1 saturated heterocycles. The highest BCUT2D eigenvalue weighted by molar-refractivity contribution is 6.38. The molecule has 9 heteroatoms. The molecule has 1 atom stereocenters. The number of esters is 2. The predicted octanol–water partition coefficient (Wildman–Crippen LogP) is -0.473. The van der Waals surface area contributed by atoms with Crippen LogP contribution in [0.1, 0.15) is 39.5 Å². The van der Waals surface area contributed by atoms with E-state index in [2.05, 4.69) is 5.32 Å². The molecule has 1 aliphatic rings. The standard InChI is InChI=1S/C15H22N2O7/c1-3-23-12(19)8-7-10(15(22)24-4-2)16-13(20)14(21)17-9-5-6-11(17)18/h10H,3-9H2,1-2H3,(H,16,20)/t10-/m0/s1. The van der Waals surface area contributed by atoms with Crippen molar-refractivity contribution >= 4 is 29.7 Å². The molecule has 0 radical (unpaired) electrons. The van der Waals surface area contributed by atoms with Crippen LogP contribution in [0, 0.1) is 0 Å². The minimum Gasteiger partial charge on any atom is -0.466 e. The molecule has 0 unspecified atom stereocenters. The van der Waals surface area contributed by atoms with Gasteiger partial charge in [-0.25, -0.2) is 4.79 Å². The molecule has 0 aliphatic carbocycles. The maximum Gasteiger partial charge on any atom is 0.328 e. The van der Waals surface area contributed by atoms with E-state index in [-0.39, 0.29) is 39.0 Å². The predicted molar refractivity (Wildman–Crippen MR) is 80.4 cm³/mol. The van der Waals surface area contributed by atoms with E-state index in [9.17, 15) is 24.0 Å². The SMILES string of the molecule is CCOC(=O)CC[C@H](NC(=O)C(=O)N1CCCC1=O)C(=O)OCC. The van der Waals surface area contributed by atoms with Crippen LogP contribution in [-0.2, 0) is 33.4 Å². The van der Waals surface area contributed by atoms with E-state index < -0.39 is 35.7 Å². The van der Waals surface area contributed by atoms with E-state index in [0.717, 1.165) is 4.90 Å².